The third kappa shape index (κ3) is 1.95. The molecule has 0 bridgehead atoms. The molecular formula is C12H17NO. The third-order valence-corrected chi connectivity index (χ3v) is 2.97. The lowest BCUT2D eigenvalue weighted by Crippen LogP contribution is -2.42. The van der Waals surface area contributed by atoms with E-state index in [1.807, 2.05) is 6.08 Å². The Bertz CT molecular complexity index is 285. The van der Waals surface area contributed by atoms with Gasteiger partial charge in [0.05, 0.1) is 5.41 Å². The van der Waals surface area contributed by atoms with Gasteiger partial charge in [-0.25, -0.2) is 0 Å². The van der Waals surface area contributed by atoms with Crippen LogP contribution < -0.4 is 5.73 Å². The standard InChI is InChI=1S/C12H17NO/c1-3-6-10(4-2)9-12(11(13)14)7-5-8-12/h3-4,6H,1-2,5,7-9H2,(H2,13,14)/b10-6+. The summed E-state index contributed by atoms with van der Waals surface area (Å²) >= 11 is 0. The molecule has 1 aliphatic rings. The van der Waals surface area contributed by atoms with Crippen LogP contribution in [-0.2, 0) is 4.79 Å². The molecule has 0 unspecified atom stereocenters. The summed E-state index contributed by atoms with van der Waals surface area (Å²) in [5.74, 6) is -0.180. The van der Waals surface area contributed by atoms with Crippen LogP contribution >= 0.6 is 0 Å². The fraction of sp³-hybridized carbons (Fsp3) is 0.417. The molecule has 1 aliphatic carbocycles. The largest absolute Gasteiger partial charge is 0.369 e. The van der Waals surface area contributed by atoms with Gasteiger partial charge in [0.1, 0.15) is 0 Å². The van der Waals surface area contributed by atoms with Gasteiger partial charge in [-0.3, -0.25) is 4.79 Å². The highest BCUT2D eigenvalue weighted by molar-refractivity contribution is 5.82. The highest BCUT2D eigenvalue weighted by Gasteiger charge is 2.42. The lowest BCUT2D eigenvalue weighted by molar-refractivity contribution is -0.132. The lowest BCUT2D eigenvalue weighted by Gasteiger charge is -2.39. The van der Waals surface area contributed by atoms with E-state index >= 15 is 0 Å². The van der Waals surface area contributed by atoms with Crippen LogP contribution in [0.2, 0.25) is 0 Å². The Morgan fingerprint density at radius 1 is 1.43 bits per heavy atom. The van der Waals surface area contributed by atoms with Gasteiger partial charge in [-0.2, -0.15) is 0 Å². The average Bonchev–Trinajstić information content (AvgIpc) is 2.08. The van der Waals surface area contributed by atoms with Crippen molar-refractivity contribution in [3.05, 3.63) is 37.0 Å². The Balaban J connectivity index is 2.73. The Hall–Kier alpha value is -1.31. The summed E-state index contributed by atoms with van der Waals surface area (Å²) in [6.07, 6.45) is 8.99. The number of rotatable bonds is 5. The van der Waals surface area contributed by atoms with E-state index in [1.165, 1.54) is 0 Å². The van der Waals surface area contributed by atoms with Crippen molar-refractivity contribution in [1.82, 2.24) is 0 Å². The van der Waals surface area contributed by atoms with E-state index in [1.54, 1.807) is 12.2 Å². The van der Waals surface area contributed by atoms with Gasteiger partial charge in [0.15, 0.2) is 0 Å². The van der Waals surface area contributed by atoms with E-state index in [9.17, 15) is 4.79 Å². The van der Waals surface area contributed by atoms with Crippen LogP contribution in [0, 0.1) is 5.41 Å². The summed E-state index contributed by atoms with van der Waals surface area (Å²) < 4.78 is 0. The topological polar surface area (TPSA) is 43.1 Å². The maximum atomic E-state index is 11.3. The first-order valence-electron chi connectivity index (χ1n) is 4.88. The summed E-state index contributed by atoms with van der Waals surface area (Å²) in [4.78, 5) is 11.3. The second kappa shape index (κ2) is 4.27. The van der Waals surface area contributed by atoms with E-state index in [2.05, 4.69) is 13.2 Å². The molecule has 2 N–H and O–H groups in total. The molecular weight excluding hydrogens is 174 g/mol. The molecule has 2 nitrogen and oxygen atoms in total. The van der Waals surface area contributed by atoms with Crippen molar-refractivity contribution in [2.45, 2.75) is 25.7 Å². The first-order chi connectivity index (χ1) is 6.64. The molecule has 0 atom stereocenters. The lowest BCUT2D eigenvalue weighted by atomic mass is 9.64. The molecule has 14 heavy (non-hydrogen) atoms. The molecule has 0 radical (unpaired) electrons. The molecule has 0 aromatic rings. The van der Waals surface area contributed by atoms with Crippen molar-refractivity contribution in [3.63, 3.8) is 0 Å². The molecule has 1 amide bonds. The van der Waals surface area contributed by atoms with Crippen molar-refractivity contribution in [1.29, 1.82) is 0 Å². The number of hydrogen-bond donors (Lipinski definition) is 1. The zero-order valence-electron chi connectivity index (χ0n) is 8.46. The van der Waals surface area contributed by atoms with E-state index in [4.69, 9.17) is 5.73 Å². The normalized spacial score (nSPS) is 19.6. The summed E-state index contributed by atoms with van der Waals surface area (Å²) in [5.41, 5.74) is 6.14. The minimum Gasteiger partial charge on any atom is -0.369 e. The van der Waals surface area contributed by atoms with Crippen LogP contribution in [0.25, 0.3) is 0 Å². The predicted octanol–water partition coefficient (Wildman–Crippen LogP) is 2.33. The Kier molecular flexibility index (Phi) is 3.28. The third-order valence-electron chi connectivity index (χ3n) is 2.97. The molecule has 2 heteroatoms. The monoisotopic (exact) mass is 191 g/mol. The minimum absolute atomic E-state index is 0.180. The van der Waals surface area contributed by atoms with Gasteiger partial charge < -0.3 is 5.73 Å². The van der Waals surface area contributed by atoms with Gasteiger partial charge in [0.25, 0.3) is 0 Å². The first-order valence-corrected chi connectivity index (χ1v) is 4.88. The molecule has 1 rings (SSSR count). The van der Waals surface area contributed by atoms with Crippen molar-refractivity contribution in [2.75, 3.05) is 0 Å². The summed E-state index contributed by atoms with van der Waals surface area (Å²) in [6, 6.07) is 0. The maximum absolute atomic E-state index is 11.3. The number of allylic oxidation sites excluding steroid dienone is 4. The van der Waals surface area contributed by atoms with E-state index in [-0.39, 0.29) is 11.3 Å². The zero-order valence-corrected chi connectivity index (χ0v) is 8.46. The van der Waals surface area contributed by atoms with Gasteiger partial charge in [-0.1, -0.05) is 37.8 Å². The number of primary amides is 1. The fourth-order valence-electron chi connectivity index (χ4n) is 1.86. The maximum Gasteiger partial charge on any atom is 0.223 e. The molecule has 0 aromatic carbocycles. The molecule has 0 saturated heterocycles. The predicted molar refractivity (Wildman–Crippen MR) is 58.6 cm³/mol. The van der Waals surface area contributed by atoms with Gasteiger partial charge in [-0.15, -0.1) is 0 Å². The molecule has 0 aromatic heterocycles. The van der Waals surface area contributed by atoms with Crippen molar-refractivity contribution < 1.29 is 4.79 Å². The van der Waals surface area contributed by atoms with Crippen LogP contribution in [0.1, 0.15) is 25.7 Å². The Labute approximate surface area is 85.2 Å². The van der Waals surface area contributed by atoms with Crippen LogP contribution in [0.5, 0.6) is 0 Å². The number of hydrogen-bond acceptors (Lipinski definition) is 1. The second-order valence-electron chi connectivity index (χ2n) is 3.86. The molecule has 1 saturated carbocycles. The van der Waals surface area contributed by atoms with E-state index in [0.717, 1.165) is 24.8 Å². The van der Waals surface area contributed by atoms with Gasteiger partial charge in [0.2, 0.25) is 5.91 Å². The highest BCUT2D eigenvalue weighted by Crippen LogP contribution is 2.45. The zero-order chi connectivity index (χ0) is 10.6. The minimum atomic E-state index is -0.303. The van der Waals surface area contributed by atoms with Crippen molar-refractivity contribution >= 4 is 5.91 Å². The Morgan fingerprint density at radius 3 is 2.36 bits per heavy atom. The number of amides is 1. The van der Waals surface area contributed by atoms with Gasteiger partial charge in [-0.05, 0) is 24.8 Å². The number of carbonyl (C=O) groups excluding carboxylic acids is 1. The fourth-order valence-corrected chi connectivity index (χ4v) is 1.86. The summed E-state index contributed by atoms with van der Waals surface area (Å²) in [6.45, 7) is 7.34. The van der Waals surface area contributed by atoms with Crippen LogP contribution in [-0.4, -0.2) is 5.91 Å². The summed E-state index contributed by atoms with van der Waals surface area (Å²) in [5, 5.41) is 0. The molecule has 0 aliphatic heterocycles. The van der Waals surface area contributed by atoms with Gasteiger partial charge in [0, 0.05) is 0 Å². The van der Waals surface area contributed by atoms with Crippen molar-refractivity contribution in [3.8, 4) is 0 Å². The quantitative estimate of drug-likeness (QED) is 0.666. The smallest absolute Gasteiger partial charge is 0.223 e. The van der Waals surface area contributed by atoms with E-state index < -0.39 is 0 Å². The second-order valence-corrected chi connectivity index (χ2v) is 3.86. The molecule has 76 valence electrons. The SMILES string of the molecule is C=C/C=C(\C=C)CC1(C(N)=O)CCC1. The number of nitrogens with two attached hydrogens (primary N) is 1. The van der Waals surface area contributed by atoms with Crippen molar-refractivity contribution in [2.24, 2.45) is 11.1 Å². The van der Waals surface area contributed by atoms with Crippen LogP contribution in [0.3, 0.4) is 0 Å². The van der Waals surface area contributed by atoms with Gasteiger partial charge >= 0.3 is 0 Å². The number of carbonyl (C=O) groups is 1. The molecule has 1 fully saturated rings. The molecule has 0 heterocycles. The van der Waals surface area contributed by atoms with Crippen LogP contribution in [0.4, 0.5) is 0 Å². The highest BCUT2D eigenvalue weighted by atomic mass is 16.1. The Morgan fingerprint density at radius 2 is 2.07 bits per heavy atom. The average molecular weight is 191 g/mol. The first kappa shape index (κ1) is 10.8. The summed E-state index contributed by atoms with van der Waals surface area (Å²) in [7, 11) is 0. The van der Waals surface area contributed by atoms with E-state index in [0.29, 0.717) is 6.42 Å². The molecule has 0 spiro atoms. The van der Waals surface area contributed by atoms with Crippen LogP contribution in [0.15, 0.2) is 37.0 Å².